The van der Waals surface area contributed by atoms with E-state index >= 15 is 0 Å². The van der Waals surface area contributed by atoms with Gasteiger partial charge in [-0.2, -0.15) is 5.10 Å². The monoisotopic (exact) mass is 523 g/mol. The number of amides is 2. The minimum Gasteiger partial charge on any atom is -0.493 e. The smallest absolute Gasteiger partial charge is 0.249 e. The Labute approximate surface area is 190 Å². The number of rotatable bonds is 8. The predicted molar refractivity (Wildman–Crippen MR) is 126 cm³/mol. The highest BCUT2D eigenvalue weighted by Crippen LogP contribution is 2.34. The van der Waals surface area contributed by atoms with E-state index in [1.54, 1.807) is 19.2 Å². The van der Waals surface area contributed by atoms with Crippen molar-refractivity contribution in [2.45, 2.75) is 40.2 Å². The molecule has 0 aliphatic rings. The molecule has 0 saturated carbocycles. The molecule has 0 aliphatic heterocycles. The molecule has 2 N–H and O–H groups in total. The van der Waals surface area contributed by atoms with Crippen LogP contribution in [0.4, 0.5) is 5.69 Å². The third-order valence-corrected chi connectivity index (χ3v) is 4.92. The van der Waals surface area contributed by atoms with Crippen molar-refractivity contribution < 1.29 is 19.1 Å². The Bertz CT molecular complexity index is 958. The molecular weight excluding hydrogens is 497 g/mol. The van der Waals surface area contributed by atoms with E-state index in [4.69, 9.17) is 9.47 Å². The molecule has 2 amide bonds. The van der Waals surface area contributed by atoms with Crippen LogP contribution < -0.4 is 20.2 Å². The lowest BCUT2D eigenvalue weighted by Crippen LogP contribution is -2.24. The Morgan fingerprint density at radius 1 is 1.13 bits per heavy atom. The Morgan fingerprint density at radius 3 is 2.50 bits per heavy atom. The molecule has 2 aromatic rings. The zero-order valence-electron chi connectivity index (χ0n) is 17.7. The van der Waals surface area contributed by atoms with Crippen LogP contribution in [-0.2, 0) is 9.59 Å². The van der Waals surface area contributed by atoms with Crippen molar-refractivity contribution in [1.29, 1.82) is 0 Å². The second-order valence-corrected chi connectivity index (χ2v) is 8.18. The SMILES string of the molecule is COc1cc(C=NNC(=O)CC(=O)Nc2ccc(C)c(C)c2)cc(I)c1OC(C)C. The average Bonchev–Trinajstić information content (AvgIpc) is 2.66. The number of carbonyl (C=O) groups excluding carboxylic acids is 2. The van der Waals surface area contributed by atoms with Gasteiger partial charge in [0.1, 0.15) is 6.42 Å². The first-order valence-electron chi connectivity index (χ1n) is 9.42. The Morgan fingerprint density at radius 2 is 1.87 bits per heavy atom. The molecule has 0 unspecified atom stereocenters. The van der Waals surface area contributed by atoms with Gasteiger partial charge >= 0.3 is 0 Å². The highest BCUT2D eigenvalue weighted by molar-refractivity contribution is 14.1. The molecule has 0 spiro atoms. The van der Waals surface area contributed by atoms with Crippen LogP contribution >= 0.6 is 22.6 Å². The van der Waals surface area contributed by atoms with Crippen LogP contribution in [-0.4, -0.2) is 31.2 Å². The fraction of sp³-hybridized carbons (Fsp3) is 0.318. The minimum absolute atomic E-state index is 0.0150. The fourth-order valence-electron chi connectivity index (χ4n) is 2.55. The maximum Gasteiger partial charge on any atom is 0.249 e. The van der Waals surface area contributed by atoms with E-state index in [-0.39, 0.29) is 12.5 Å². The maximum absolute atomic E-state index is 12.1. The lowest BCUT2D eigenvalue weighted by Gasteiger charge is -2.15. The van der Waals surface area contributed by atoms with Gasteiger partial charge in [-0.15, -0.1) is 0 Å². The first-order chi connectivity index (χ1) is 14.2. The van der Waals surface area contributed by atoms with E-state index < -0.39 is 11.8 Å². The number of hydrogen-bond acceptors (Lipinski definition) is 5. The summed E-state index contributed by atoms with van der Waals surface area (Å²) >= 11 is 2.16. The Kier molecular flexibility index (Phi) is 8.64. The molecule has 0 atom stereocenters. The summed E-state index contributed by atoms with van der Waals surface area (Å²) in [6.45, 7) is 7.84. The first-order valence-corrected chi connectivity index (χ1v) is 10.5. The van der Waals surface area contributed by atoms with Crippen LogP contribution in [0.1, 0.15) is 37.0 Å². The topological polar surface area (TPSA) is 89.0 Å². The number of ether oxygens (including phenoxy) is 2. The fourth-order valence-corrected chi connectivity index (χ4v) is 3.31. The van der Waals surface area contributed by atoms with Gasteiger partial charge < -0.3 is 14.8 Å². The average molecular weight is 523 g/mol. The molecule has 8 heteroatoms. The van der Waals surface area contributed by atoms with Crippen LogP contribution in [0, 0.1) is 17.4 Å². The normalized spacial score (nSPS) is 10.9. The number of carbonyl (C=O) groups is 2. The van der Waals surface area contributed by atoms with E-state index in [1.165, 1.54) is 6.21 Å². The Balaban J connectivity index is 1.94. The van der Waals surface area contributed by atoms with Gasteiger partial charge in [-0.3, -0.25) is 9.59 Å². The summed E-state index contributed by atoms with van der Waals surface area (Å²) in [6.07, 6.45) is 1.18. The van der Waals surface area contributed by atoms with Crippen molar-refractivity contribution in [2.24, 2.45) is 5.10 Å². The van der Waals surface area contributed by atoms with Crippen LogP contribution in [0.2, 0.25) is 0 Å². The zero-order chi connectivity index (χ0) is 22.3. The highest BCUT2D eigenvalue weighted by atomic mass is 127. The van der Waals surface area contributed by atoms with Gasteiger partial charge in [-0.1, -0.05) is 6.07 Å². The first kappa shape index (κ1) is 23.7. The highest BCUT2D eigenvalue weighted by Gasteiger charge is 2.13. The summed E-state index contributed by atoms with van der Waals surface area (Å²) in [5.74, 6) is 0.333. The van der Waals surface area contributed by atoms with Gasteiger partial charge in [0.2, 0.25) is 11.8 Å². The van der Waals surface area contributed by atoms with E-state index in [2.05, 4.69) is 38.4 Å². The van der Waals surface area contributed by atoms with E-state index in [1.807, 2.05) is 45.9 Å². The van der Waals surface area contributed by atoms with Crippen molar-refractivity contribution >= 4 is 46.3 Å². The molecule has 0 fully saturated rings. The van der Waals surface area contributed by atoms with Gasteiger partial charge in [0, 0.05) is 5.69 Å². The lowest BCUT2D eigenvalue weighted by atomic mass is 10.1. The number of aryl methyl sites for hydroxylation is 2. The van der Waals surface area contributed by atoms with Crippen LogP contribution in [0.25, 0.3) is 0 Å². The third kappa shape index (κ3) is 7.01. The van der Waals surface area contributed by atoms with Crippen LogP contribution in [0.5, 0.6) is 11.5 Å². The molecular formula is C22H26IN3O4. The Hall–Kier alpha value is -2.62. The number of methoxy groups -OCH3 is 1. The number of hydrogen-bond donors (Lipinski definition) is 2. The summed E-state index contributed by atoms with van der Waals surface area (Å²) in [7, 11) is 1.56. The molecule has 0 heterocycles. The van der Waals surface area contributed by atoms with Crippen molar-refractivity contribution in [3.8, 4) is 11.5 Å². The number of anilines is 1. The van der Waals surface area contributed by atoms with E-state index in [0.29, 0.717) is 17.2 Å². The summed E-state index contributed by atoms with van der Waals surface area (Å²) < 4.78 is 12.0. The molecule has 0 saturated heterocycles. The predicted octanol–water partition coefficient (Wildman–Crippen LogP) is 4.18. The summed E-state index contributed by atoms with van der Waals surface area (Å²) in [6, 6.07) is 9.22. The summed E-state index contributed by atoms with van der Waals surface area (Å²) in [5.41, 5.74) is 5.95. The molecule has 0 radical (unpaired) electrons. The third-order valence-electron chi connectivity index (χ3n) is 4.12. The van der Waals surface area contributed by atoms with Crippen molar-refractivity contribution in [1.82, 2.24) is 5.43 Å². The zero-order valence-corrected chi connectivity index (χ0v) is 19.9. The number of nitrogens with zero attached hydrogens (tertiary/aromatic N) is 1. The molecule has 0 aliphatic carbocycles. The number of benzene rings is 2. The van der Waals surface area contributed by atoms with Crippen LogP contribution in [0.15, 0.2) is 35.4 Å². The van der Waals surface area contributed by atoms with Crippen molar-refractivity contribution in [3.63, 3.8) is 0 Å². The second-order valence-electron chi connectivity index (χ2n) is 7.02. The molecule has 7 nitrogen and oxygen atoms in total. The molecule has 0 bridgehead atoms. The molecule has 160 valence electrons. The van der Waals surface area contributed by atoms with Gasteiger partial charge in [-0.05, 0) is 91.2 Å². The second kappa shape index (κ2) is 11.0. The maximum atomic E-state index is 12.1. The quantitative estimate of drug-likeness (QED) is 0.235. The van der Waals surface area contributed by atoms with Crippen molar-refractivity contribution in [3.05, 3.63) is 50.6 Å². The number of hydrazone groups is 1. The van der Waals surface area contributed by atoms with Gasteiger partial charge in [0.05, 0.1) is 23.0 Å². The standard InChI is InChI=1S/C22H26IN3O4/c1-13(2)30-22-18(23)9-16(10-19(22)29-5)12-24-26-21(28)11-20(27)25-17-7-6-14(3)15(4)8-17/h6-10,12-13H,11H2,1-5H3,(H,25,27)(H,26,28). The van der Waals surface area contributed by atoms with Gasteiger partial charge in [0.15, 0.2) is 11.5 Å². The molecule has 2 rings (SSSR count). The summed E-state index contributed by atoms with van der Waals surface area (Å²) in [4.78, 5) is 24.0. The number of halogens is 1. The molecule has 2 aromatic carbocycles. The minimum atomic E-state index is -0.506. The molecule has 30 heavy (non-hydrogen) atoms. The van der Waals surface area contributed by atoms with E-state index in [9.17, 15) is 9.59 Å². The van der Waals surface area contributed by atoms with Gasteiger partial charge in [-0.25, -0.2) is 5.43 Å². The summed E-state index contributed by atoms with van der Waals surface area (Å²) in [5, 5.41) is 6.64. The number of nitrogens with one attached hydrogen (secondary N) is 2. The van der Waals surface area contributed by atoms with E-state index in [0.717, 1.165) is 20.3 Å². The largest absolute Gasteiger partial charge is 0.493 e. The van der Waals surface area contributed by atoms with Gasteiger partial charge in [0.25, 0.3) is 0 Å². The lowest BCUT2D eigenvalue weighted by molar-refractivity contribution is -0.126. The molecule has 0 aromatic heterocycles. The van der Waals surface area contributed by atoms with Crippen LogP contribution in [0.3, 0.4) is 0 Å². The van der Waals surface area contributed by atoms with Crippen molar-refractivity contribution in [2.75, 3.05) is 12.4 Å².